The number of carbonyl (C=O) groups is 1. The standard InChI is InChI=1S/C10H15N3O/c1-3-9-12-10(7(2)14)8-6-11-4-5-13(8)9/h11H,3-6H2,1-2H3. The van der Waals surface area contributed by atoms with E-state index in [0.29, 0.717) is 5.69 Å². The van der Waals surface area contributed by atoms with Gasteiger partial charge < -0.3 is 9.88 Å². The number of fused-ring (bicyclic) bond motifs is 1. The molecule has 1 aliphatic rings. The molecule has 1 aliphatic heterocycles. The summed E-state index contributed by atoms with van der Waals surface area (Å²) in [4.78, 5) is 15.7. The van der Waals surface area contributed by atoms with Gasteiger partial charge in [-0.05, 0) is 0 Å². The summed E-state index contributed by atoms with van der Waals surface area (Å²) in [5.74, 6) is 1.10. The zero-order valence-electron chi connectivity index (χ0n) is 8.63. The summed E-state index contributed by atoms with van der Waals surface area (Å²) in [6.07, 6.45) is 0.889. The number of aromatic nitrogens is 2. The molecule has 4 nitrogen and oxygen atoms in total. The fourth-order valence-corrected chi connectivity index (χ4v) is 1.93. The maximum Gasteiger partial charge on any atom is 0.180 e. The van der Waals surface area contributed by atoms with E-state index in [4.69, 9.17) is 0 Å². The Bertz CT molecular complexity index is 368. The molecule has 1 N–H and O–H groups in total. The van der Waals surface area contributed by atoms with Crippen LogP contribution in [0.2, 0.25) is 0 Å². The summed E-state index contributed by atoms with van der Waals surface area (Å²) in [6, 6.07) is 0. The summed E-state index contributed by atoms with van der Waals surface area (Å²) >= 11 is 0. The van der Waals surface area contributed by atoms with Gasteiger partial charge in [0.1, 0.15) is 11.5 Å². The second-order valence-corrected chi connectivity index (χ2v) is 3.56. The number of Topliss-reactive ketones (excluding diaryl/α,β-unsaturated/α-hetero) is 1. The predicted molar refractivity (Wildman–Crippen MR) is 53.3 cm³/mol. The van der Waals surface area contributed by atoms with Gasteiger partial charge in [-0.1, -0.05) is 6.92 Å². The maximum atomic E-state index is 11.3. The highest BCUT2D eigenvalue weighted by Crippen LogP contribution is 2.15. The fourth-order valence-electron chi connectivity index (χ4n) is 1.93. The Labute approximate surface area is 83.3 Å². The van der Waals surface area contributed by atoms with Gasteiger partial charge in [0, 0.05) is 33.0 Å². The monoisotopic (exact) mass is 193 g/mol. The highest BCUT2D eigenvalue weighted by Gasteiger charge is 2.20. The fraction of sp³-hybridized carbons (Fsp3) is 0.600. The topological polar surface area (TPSA) is 46.9 Å². The van der Waals surface area contributed by atoms with Crippen molar-refractivity contribution in [3.63, 3.8) is 0 Å². The lowest BCUT2D eigenvalue weighted by molar-refractivity contribution is 0.101. The molecule has 0 spiro atoms. The van der Waals surface area contributed by atoms with Gasteiger partial charge in [-0.25, -0.2) is 4.98 Å². The normalized spacial score (nSPS) is 15.3. The number of aryl methyl sites for hydroxylation is 1. The number of hydrogen-bond donors (Lipinski definition) is 1. The molecule has 0 atom stereocenters. The van der Waals surface area contributed by atoms with Gasteiger partial charge >= 0.3 is 0 Å². The van der Waals surface area contributed by atoms with E-state index in [0.717, 1.165) is 37.6 Å². The van der Waals surface area contributed by atoms with Crippen LogP contribution in [0.5, 0.6) is 0 Å². The van der Waals surface area contributed by atoms with Crippen molar-refractivity contribution in [2.24, 2.45) is 0 Å². The molecular weight excluding hydrogens is 178 g/mol. The molecule has 2 heterocycles. The van der Waals surface area contributed by atoms with Crippen molar-refractivity contribution >= 4 is 5.78 Å². The van der Waals surface area contributed by atoms with E-state index in [-0.39, 0.29) is 5.78 Å². The van der Waals surface area contributed by atoms with E-state index in [1.54, 1.807) is 6.92 Å². The molecule has 4 heteroatoms. The molecule has 14 heavy (non-hydrogen) atoms. The molecule has 0 aromatic carbocycles. The highest BCUT2D eigenvalue weighted by atomic mass is 16.1. The molecule has 0 amide bonds. The number of nitrogens with one attached hydrogen (secondary N) is 1. The lowest BCUT2D eigenvalue weighted by Gasteiger charge is -2.17. The van der Waals surface area contributed by atoms with E-state index in [2.05, 4.69) is 21.8 Å². The summed E-state index contributed by atoms with van der Waals surface area (Å²) in [5, 5.41) is 3.26. The second kappa shape index (κ2) is 3.53. The third-order valence-electron chi connectivity index (χ3n) is 2.61. The van der Waals surface area contributed by atoms with E-state index in [1.165, 1.54) is 0 Å². The van der Waals surface area contributed by atoms with Crippen LogP contribution in [0.4, 0.5) is 0 Å². The Morgan fingerprint density at radius 3 is 3.07 bits per heavy atom. The Morgan fingerprint density at radius 2 is 2.43 bits per heavy atom. The van der Waals surface area contributed by atoms with Crippen LogP contribution < -0.4 is 5.32 Å². The zero-order valence-corrected chi connectivity index (χ0v) is 8.63. The van der Waals surface area contributed by atoms with Crippen LogP contribution in [0.1, 0.15) is 35.9 Å². The molecule has 0 radical (unpaired) electrons. The van der Waals surface area contributed by atoms with Crippen molar-refractivity contribution in [2.75, 3.05) is 6.54 Å². The molecule has 0 fully saturated rings. The minimum atomic E-state index is 0.0668. The van der Waals surface area contributed by atoms with Crippen molar-refractivity contribution in [3.8, 4) is 0 Å². The average molecular weight is 193 g/mol. The van der Waals surface area contributed by atoms with Crippen LogP contribution >= 0.6 is 0 Å². The van der Waals surface area contributed by atoms with Crippen molar-refractivity contribution in [1.29, 1.82) is 0 Å². The lowest BCUT2D eigenvalue weighted by Crippen LogP contribution is -2.29. The summed E-state index contributed by atoms with van der Waals surface area (Å²) in [5.41, 5.74) is 1.70. The van der Waals surface area contributed by atoms with Gasteiger partial charge in [-0.15, -0.1) is 0 Å². The van der Waals surface area contributed by atoms with Crippen molar-refractivity contribution < 1.29 is 4.79 Å². The maximum absolute atomic E-state index is 11.3. The van der Waals surface area contributed by atoms with Crippen LogP contribution in [-0.2, 0) is 19.5 Å². The number of imidazole rings is 1. The van der Waals surface area contributed by atoms with Crippen LogP contribution in [0.3, 0.4) is 0 Å². The first-order valence-electron chi connectivity index (χ1n) is 5.04. The largest absolute Gasteiger partial charge is 0.329 e. The number of hydrogen-bond acceptors (Lipinski definition) is 3. The molecule has 0 aliphatic carbocycles. The summed E-state index contributed by atoms with van der Waals surface area (Å²) in [7, 11) is 0. The van der Waals surface area contributed by atoms with Crippen molar-refractivity contribution in [3.05, 3.63) is 17.2 Å². The van der Waals surface area contributed by atoms with Crippen LogP contribution in [0, 0.1) is 0 Å². The van der Waals surface area contributed by atoms with Gasteiger partial charge in [-0.3, -0.25) is 4.79 Å². The molecule has 0 unspecified atom stereocenters. The predicted octanol–water partition coefficient (Wildman–Crippen LogP) is 0.751. The smallest absolute Gasteiger partial charge is 0.180 e. The quantitative estimate of drug-likeness (QED) is 0.705. The number of ketones is 1. The van der Waals surface area contributed by atoms with Crippen LogP contribution in [0.25, 0.3) is 0 Å². The number of rotatable bonds is 2. The highest BCUT2D eigenvalue weighted by molar-refractivity contribution is 5.93. The third-order valence-corrected chi connectivity index (χ3v) is 2.61. The van der Waals surface area contributed by atoms with E-state index in [1.807, 2.05) is 0 Å². The van der Waals surface area contributed by atoms with Crippen molar-refractivity contribution in [1.82, 2.24) is 14.9 Å². The summed E-state index contributed by atoms with van der Waals surface area (Å²) in [6.45, 7) is 6.31. The molecule has 0 saturated heterocycles. The lowest BCUT2D eigenvalue weighted by atomic mass is 10.2. The third kappa shape index (κ3) is 1.35. The molecule has 1 aromatic heterocycles. The number of nitrogens with zero attached hydrogens (tertiary/aromatic N) is 2. The zero-order chi connectivity index (χ0) is 10.1. The van der Waals surface area contributed by atoms with Gasteiger partial charge in [0.2, 0.25) is 0 Å². The van der Waals surface area contributed by atoms with Gasteiger partial charge in [-0.2, -0.15) is 0 Å². The molecule has 0 bridgehead atoms. The van der Waals surface area contributed by atoms with E-state index < -0.39 is 0 Å². The summed E-state index contributed by atoms with van der Waals surface area (Å²) < 4.78 is 2.17. The van der Waals surface area contributed by atoms with Gasteiger partial charge in [0.05, 0.1) is 5.69 Å². The molecule has 0 saturated carbocycles. The van der Waals surface area contributed by atoms with Gasteiger partial charge in [0.15, 0.2) is 5.78 Å². The first-order valence-corrected chi connectivity index (χ1v) is 5.04. The molecular formula is C10H15N3O. The molecule has 1 aromatic rings. The minimum absolute atomic E-state index is 0.0668. The second-order valence-electron chi connectivity index (χ2n) is 3.56. The average Bonchev–Trinajstić information content (AvgIpc) is 2.56. The van der Waals surface area contributed by atoms with Crippen molar-refractivity contribution in [2.45, 2.75) is 33.4 Å². The first-order chi connectivity index (χ1) is 6.74. The number of carbonyl (C=O) groups excluding carboxylic acids is 1. The van der Waals surface area contributed by atoms with E-state index >= 15 is 0 Å². The molecule has 2 rings (SSSR count). The Morgan fingerprint density at radius 1 is 1.64 bits per heavy atom. The van der Waals surface area contributed by atoms with E-state index in [9.17, 15) is 4.79 Å². The Balaban J connectivity index is 2.52. The van der Waals surface area contributed by atoms with Gasteiger partial charge in [0.25, 0.3) is 0 Å². The van der Waals surface area contributed by atoms with Crippen LogP contribution in [-0.4, -0.2) is 21.9 Å². The molecule has 76 valence electrons. The first kappa shape index (κ1) is 9.40. The SMILES string of the molecule is CCc1nc(C(C)=O)c2n1CCNC2. The van der Waals surface area contributed by atoms with Crippen LogP contribution in [0.15, 0.2) is 0 Å². The Kier molecular flexibility index (Phi) is 2.37. The minimum Gasteiger partial charge on any atom is -0.329 e. The Hall–Kier alpha value is -1.16.